The SMILES string of the molecule is O=[n+]1c2c(n(O)c3c1CCCC3)CCCC2. The van der Waals surface area contributed by atoms with Crippen LogP contribution in [0, 0.1) is 4.91 Å². The predicted molar refractivity (Wildman–Crippen MR) is 58.3 cm³/mol. The molecule has 2 aliphatic rings. The van der Waals surface area contributed by atoms with Crippen LogP contribution >= 0.6 is 0 Å². The maximum atomic E-state index is 12.2. The minimum atomic E-state index is 0.800. The van der Waals surface area contributed by atoms with Gasteiger partial charge in [0.05, 0.1) is 4.43 Å². The molecule has 0 radical (unpaired) electrons. The molecule has 0 aliphatic heterocycles. The number of fused-ring (bicyclic) bond motifs is 2. The van der Waals surface area contributed by atoms with Crippen molar-refractivity contribution in [3.8, 4) is 0 Å². The monoisotopic (exact) mass is 221 g/mol. The normalized spacial score (nSPS) is 19.0. The molecule has 0 bridgehead atoms. The van der Waals surface area contributed by atoms with Crippen LogP contribution in [0.15, 0.2) is 0 Å². The summed E-state index contributed by atoms with van der Waals surface area (Å²) in [4.78, 5) is 12.2. The lowest BCUT2D eigenvalue weighted by Gasteiger charge is -2.19. The molecule has 1 aromatic heterocycles. The van der Waals surface area contributed by atoms with Gasteiger partial charge in [0.25, 0.3) is 11.4 Å². The van der Waals surface area contributed by atoms with Crippen molar-refractivity contribution >= 4 is 0 Å². The van der Waals surface area contributed by atoms with Crippen molar-refractivity contribution in [3.05, 3.63) is 27.7 Å². The molecule has 0 fully saturated rings. The summed E-state index contributed by atoms with van der Waals surface area (Å²) in [7, 11) is 0. The molecule has 0 spiro atoms. The van der Waals surface area contributed by atoms with E-state index in [0.29, 0.717) is 0 Å². The van der Waals surface area contributed by atoms with E-state index in [1.165, 1.54) is 4.73 Å². The van der Waals surface area contributed by atoms with Crippen LogP contribution in [0.25, 0.3) is 0 Å². The molecule has 1 aromatic rings. The molecular weight excluding hydrogens is 204 g/mol. The van der Waals surface area contributed by atoms with Gasteiger partial charge in [-0.05, 0) is 38.5 Å². The van der Waals surface area contributed by atoms with Crippen molar-refractivity contribution in [1.29, 1.82) is 0 Å². The fourth-order valence-electron chi connectivity index (χ4n) is 2.97. The number of hydrogen-bond donors (Lipinski definition) is 1. The van der Waals surface area contributed by atoms with Crippen LogP contribution in [-0.4, -0.2) is 9.94 Å². The molecule has 0 atom stereocenters. The van der Waals surface area contributed by atoms with E-state index in [2.05, 4.69) is 0 Å². The van der Waals surface area contributed by atoms with E-state index in [0.717, 1.165) is 78.6 Å². The van der Waals surface area contributed by atoms with E-state index in [9.17, 15) is 10.1 Å². The summed E-state index contributed by atoms with van der Waals surface area (Å²) in [6.07, 6.45) is 7.57. The van der Waals surface area contributed by atoms with Crippen molar-refractivity contribution in [2.45, 2.75) is 51.4 Å². The molecule has 0 amide bonds. The fourth-order valence-corrected chi connectivity index (χ4v) is 2.97. The van der Waals surface area contributed by atoms with Crippen molar-refractivity contribution in [2.24, 2.45) is 0 Å². The lowest BCUT2D eigenvalue weighted by molar-refractivity contribution is -0.519. The van der Waals surface area contributed by atoms with Gasteiger partial charge >= 0.3 is 0 Å². The Morgan fingerprint density at radius 1 is 0.875 bits per heavy atom. The largest absolute Gasteiger partial charge is 0.428 e. The number of aromatic nitrogens is 2. The Balaban J connectivity index is 2.29. The maximum Gasteiger partial charge on any atom is 0.262 e. The van der Waals surface area contributed by atoms with Crippen LogP contribution in [0.5, 0.6) is 0 Å². The fraction of sp³-hybridized carbons (Fsp3) is 0.667. The highest BCUT2D eigenvalue weighted by atomic mass is 16.5. The average Bonchev–Trinajstić information content (AvgIpc) is 2.36. The molecule has 0 saturated carbocycles. The Hall–Kier alpha value is -1.32. The Bertz CT molecular complexity index is 451. The lowest BCUT2D eigenvalue weighted by Crippen LogP contribution is -2.37. The van der Waals surface area contributed by atoms with Crippen molar-refractivity contribution < 1.29 is 9.63 Å². The molecule has 4 nitrogen and oxygen atoms in total. The van der Waals surface area contributed by atoms with Crippen molar-refractivity contribution in [1.82, 2.24) is 4.73 Å². The summed E-state index contributed by atoms with van der Waals surface area (Å²) < 4.78 is 2.42. The number of hydrogen-bond acceptors (Lipinski definition) is 2. The van der Waals surface area contributed by atoms with E-state index in [1.54, 1.807) is 0 Å². The highest BCUT2D eigenvalue weighted by Gasteiger charge is 2.32. The second kappa shape index (κ2) is 3.61. The molecular formula is C12H17N2O2+. The molecule has 2 aliphatic carbocycles. The first-order valence-electron chi connectivity index (χ1n) is 6.19. The summed E-state index contributed by atoms with van der Waals surface area (Å²) in [5, 5.41) is 10.2. The molecule has 1 N–H and O–H groups in total. The summed E-state index contributed by atoms with van der Waals surface area (Å²) in [5.74, 6) is 0. The van der Waals surface area contributed by atoms with Gasteiger partial charge in [-0.2, -0.15) is 4.73 Å². The summed E-state index contributed by atoms with van der Waals surface area (Å²) >= 11 is 0. The minimum Gasteiger partial charge on any atom is -0.428 e. The predicted octanol–water partition coefficient (Wildman–Crippen LogP) is 1.40. The molecule has 16 heavy (non-hydrogen) atoms. The average molecular weight is 221 g/mol. The van der Waals surface area contributed by atoms with Gasteiger partial charge in [-0.3, -0.25) is 0 Å². The topological polar surface area (TPSA) is 48.1 Å². The summed E-state index contributed by atoms with van der Waals surface area (Å²) in [5.41, 5.74) is 3.30. The zero-order chi connectivity index (χ0) is 11.1. The lowest BCUT2D eigenvalue weighted by atomic mass is 9.96. The molecule has 0 aromatic carbocycles. The van der Waals surface area contributed by atoms with Crippen LogP contribution < -0.4 is 4.43 Å². The quantitative estimate of drug-likeness (QED) is 0.531. The van der Waals surface area contributed by atoms with E-state index in [-0.39, 0.29) is 0 Å². The van der Waals surface area contributed by atoms with Gasteiger partial charge in [0.1, 0.15) is 11.4 Å². The number of rotatable bonds is 0. The Labute approximate surface area is 94.1 Å². The summed E-state index contributed by atoms with van der Waals surface area (Å²) in [6.45, 7) is 0. The zero-order valence-corrected chi connectivity index (χ0v) is 9.41. The Kier molecular flexibility index (Phi) is 2.23. The van der Waals surface area contributed by atoms with Gasteiger partial charge in [0.2, 0.25) is 0 Å². The van der Waals surface area contributed by atoms with Gasteiger partial charge < -0.3 is 5.21 Å². The van der Waals surface area contributed by atoms with E-state index >= 15 is 0 Å². The molecule has 4 heteroatoms. The second-order valence-corrected chi connectivity index (χ2v) is 4.81. The Morgan fingerprint density at radius 3 is 1.81 bits per heavy atom. The van der Waals surface area contributed by atoms with E-state index in [4.69, 9.17) is 0 Å². The van der Waals surface area contributed by atoms with E-state index in [1.807, 2.05) is 0 Å². The van der Waals surface area contributed by atoms with Crippen LogP contribution in [0.2, 0.25) is 0 Å². The number of nitrogens with zero attached hydrogens (tertiary/aromatic N) is 2. The van der Waals surface area contributed by atoms with E-state index < -0.39 is 0 Å². The van der Waals surface area contributed by atoms with Gasteiger partial charge in [0.15, 0.2) is 0 Å². The van der Waals surface area contributed by atoms with Gasteiger partial charge in [-0.15, -0.1) is 0 Å². The smallest absolute Gasteiger partial charge is 0.262 e. The van der Waals surface area contributed by atoms with Gasteiger partial charge in [-0.1, -0.05) is 0 Å². The van der Waals surface area contributed by atoms with Crippen LogP contribution in [0.1, 0.15) is 48.5 Å². The first-order chi connectivity index (χ1) is 7.79. The highest BCUT2D eigenvalue weighted by molar-refractivity contribution is 5.19. The van der Waals surface area contributed by atoms with Crippen LogP contribution in [0.3, 0.4) is 0 Å². The molecule has 0 saturated heterocycles. The first kappa shape index (κ1) is 9.87. The minimum absolute atomic E-state index is 0.800. The second-order valence-electron chi connectivity index (χ2n) is 4.81. The van der Waals surface area contributed by atoms with Crippen LogP contribution in [-0.2, 0) is 25.7 Å². The highest BCUT2D eigenvalue weighted by Crippen LogP contribution is 2.23. The molecule has 86 valence electrons. The molecule has 0 unspecified atom stereocenters. The van der Waals surface area contributed by atoms with Gasteiger partial charge in [0, 0.05) is 17.7 Å². The Morgan fingerprint density at radius 2 is 1.31 bits per heavy atom. The summed E-state index contributed by atoms with van der Waals surface area (Å²) in [6, 6.07) is 0. The first-order valence-corrected chi connectivity index (χ1v) is 6.19. The third-order valence-electron chi connectivity index (χ3n) is 3.82. The third kappa shape index (κ3) is 1.29. The molecule has 3 rings (SSSR count). The van der Waals surface area contributed by atoms with Crippen molar-refractivity contribution in [2.75, 3.05) is 0 Å². The standard InChI is InChI=1S/C12H17N2O2/c15-13-9-5-1-2-6-10(9)14(16)12-8-4-3-7-11(12)13/h15H,1-8H2/q+1. The zero-order valence-electron chi connectivity index (χ0n) is 9.41. The van der Waals surface area contributed by atoms with Crippen LogP contribution in [0.4, 0.5) is 0 Å². The maximum absolute atomic E-state index is 12.2. The third-order valence-corrected chi connectivity index (χ3v) is 3.82. The molecule has 1 heterocycles. The van der Waals surface area contributed by atoms with Crippen molar-refractivity contribution in [3.63, 3.8) is 0 Å². The van der Waals surface area contributed by atoms with Gasteiger partial charge in [-0.25, -0.2) is 0 Å².